The van der Waals surface area contributed by atoms with Crippen molar-refractivity contribution < 1.29 is 14.6 Å². The highest BCUT2D eigenvalue weighted by Crippen LogP contribution is 2.17. The van der Waals surface area contributed by atoms with E-state index in [1.54, 1.807) is 7.11 Å². The van der Waals surface area contributed by atoms with Crippen LogP contribution in [0, 0.1) is 0 Å². The smallest absolute Gasteiger partial charge is 0.315 e. The van der Waals surface area contributed by atoms with Crippen LogP contribution in [0.4, 0.5) is 4.79 Å². The number of ether oxygens (including phenoxy) is 1. The standard InChI is InChI=1S/C18H22N2O3/c1-23-17-5-3-2-4-16(17)10-11-19-18(22)20-12-14-6-8-15(13-21)9-7-14/h2-9,21H,10-13H2,1H3,(H2,19,20,22). The molecule has 0 aliphatic heterocycles. The Hall–Kier alpha value is -2.53. The number of urea groups is 1. The molecule has 0 atom stereocenters. The molecule has 0 fully saturated rings. The van der Waals surface area contributed by atoms with Crippen LogP contribution in [-0.2, 0) is 19.6 Å². The number of para-hydroxylation sites is 1. The average molecular weight is 314 g/mol. The van der Waals surface area contributed by atoms with E-state index in [9.17, 15) is 4.79 Å². The number of rotatable bonds is 7. The van der Waals surface area contributed by atoms with Crippen LogP contribution in [0.5, 0.6) is 5.75 Å². The summed E-state index contributed by atoms with van der Waals surface area (Å²) >= 11 is 0. The second-order valence-corrected chi connectivity index (χ2v) is 5.15. The molecule has 0 heterocycles. The van der Waals surface area contributed by atoms with Crippen molar-refractivity contribution in [3.8, 4) is 5.75 Å². The Bertz CT molecular complexity index is 626. The normalized spacial score (nSPS) is 10.2. The van der Waals surface area contributed by atoms with Gasteiger partial charge in [0, 0.05) is 13.1 Å². The van der Waals surface area contributed by atoms with Crippen LogP contribution >= 0.6 is 0 Å². The van der Waals surface area contributed by atoms with Gasteiger partial charge in [0.1, 0.15) is 5.75 Å². The van der Waals surface area contributed by atoms with Crippen molar-refractivity contribution in [3.05, 3.63) is 65.2 Å². The van der Waals surface area contributed by atoms with Crippen LogP contribution in [0.15, 0.2) is 48.5 Å². The van der Waals surface area contributed by atoms with Crippen molar-refractivity contribution in [2.24, 2.45) is 0 Å². The third-order valence-corrected chi connectivity index (χ3v) is 3.53. The summed E-state index contributed by atoms with van der Waals surface area (Å²) in [4.78, 5) is 11.8. The van der Waals surface area contributed by atoms with Gasteiger partial charge >= 0.3 is 6.03 Å². The molecule has 122 valence electrons. The fraction of sp³-hybridized carbons (Fsp3) is 0.278. The van der Waals surface area contributed by atoms with Gasteiger partial charge in [-0.2, -0.15) is 0 Å². The predicted octanol–water partition coefficient (Wildman–Crippen LogP) is 2.23. The predicted molar refractivity (Wildman–Crippen MR) is 89.3 cm³/mol. The largest absolute Gasteiger partial charge is 0.496 e. The van der Waals surface area contributed by atoms with E-state index >= 15 is 0 Å². The lowest BCUT2D eigenvalue weighted by atomic mass is 10.1. The fourth-order valence-corrected chi connectivity index (χ4v) is 2.23. The van der Waals surface area contributed by atoms with E-state index in [4.69, 9.17) is 9.84 Å². The Labute approximate surface area is 136 Å². The third kappa shape index (κ3) is 5.30. The molecule has 0 saturated heterocycles. The maximum atomic E-state index is 11.8. The molecule has 0 radical (unpaired) electrons. The summed E-state index contributed by atoms with van der Waals surface area (Å²) in [6.45, 7) is 1.01. The van der Waals surface area contributed by atoms with Gasteiger partial charge in [-0.15, -0.1) is 0 Å². The maximum absolute atomic E-state index is 11.8. The molecular formula is C18H22N2O3. The lowest BCUT2D eigenvalue weighted by Gasteiger charge is -2.10. The molecule has 0 aliphatic carbocycles. The first-order valence-corrected chi connectivity index (χ1v) is 7.55. The van der Waals surface area contributed by atoms with Crippen LogP contribution in [0.2, 0.25) is 0 Å². The number of carbonyl (C=O) groups is 1. The molecule has 0 aromatic heterocycles. The lowest BCUT2D eigenvalue weighted by molar-refractivity contribution is 0.240. The minimum absolute atomic E-state index is 0.0249. The van der Waals surface area contributed by atoms with E-state index < -0.39 is 0 Å². The number of benzene rings is 2. The first-order valence-electron chi connectivity index (χ1n) is 7.55. The lowest BCUT2D eigenvalue weighted by Crippen LogP contribution is -2.36. The van der Waals surface area contributed by atoms with E-state index in [1.807, 2.05) is 48.5 Å². The van der Waals surface area contributed by atoms with Crippen molar-refractivity contribution in [1.82, 2.24) is 10.6 Å². The number of carbonyl (C=O) groups excluding carboxylic acids is 1. The van der Waals surface area contributed by atoms with Gasteiger partial charge in [-0.25, -0.2) is 4.79 Å². The van der Waals surface area contributed by atoms with E-state index in [1.165, 1.54) is 0 Å². The molecule has 5 nitrogen and oxygen atoms in total. The molecule has 2 amide bonds. The number of nitrogens with one attached hydrogen (secondary N) is 2. The zero-order chi connectivity index (χ0) is 16.5. The van der Waals surface area contributed by atoms with Crippen LogP contribution in [-0.4, -0.2) is 24.8 Å². The van der Waals surface area contributed by atoms with E-state index in [0.29, 0.717) is 19.5 Å². The summed E-state index contributed by atoms with van der Waals surface area (Å²) < 4.78 is 5.28. The summed E-state index contributed by atoms with van der Waals surface area (Å²) in [5.41, 5.74) is 2.91. The highest BCUT2D eigenvalue weighted by molar-refractivity contribution is 5.73. The number of aliphatic hydroxyl groups excluding tert-OH is 1. The average Bonchev–Trinajstić information content (AvgIpc) is 2.61. The molecule has 0 saturated carbocycles. The van der Waals surface area contributed by atoms with Crippen LogP contribution < -0.4 is 15.4 Å². The van der Waals surface area contributed by atoms with Crippen molar-refractivity contribution >= 4 is 6.03 Å². The van der Waals surface area contributed by atoms with Gasteiger partial charge in [-0.1, -0.05) is 42.5 Å². The minimum Gasteiger partial charge on any atom is -0.496 e. The van der Waals surface area contributed by atoms with Gasteiger partial charge in [-0.05, 0) is 29.2 Å². The zero-order valence-electron chi connectivity index (χ0n) is 13.2. The summed E-state index contributed by atoms with van der Waals surface area (Å²) in [6, 6.07) is 15.0. The highest BCUT2D eigenvalue weighted by atomic mass is 16.5. The molecule has 23 heavy (non-hydrogen) atoms. The second kappa shape index (κ2) is 8.80. The van der Waals surface area contributed by atoms with Crippen molar-refractivity contribution in [3.63, 3.8) is 0 Å². The molecule has 5 heteroatoms. The van der Waals surface area contributed by atoms with Gasteiger partial charge in [-0.3, -0.25) is 0 Å². The Morgan fingerprint density at radius 1 is 1.04 bits per heavy atom. The van der Waals surface area contributed by atoms with Crippen LogP contribution in [0.3, 0.4) is 0 Å². The molecular weight excluding hydrogens is 292 g/mol. The zero-order valence-corrected chi connectivity index (χ0v) is 13.2. The van der Waals surface area contributed by atoms with Gasteiger partial charge in [0.05, 0.1) is 13.7 Å². The summed E-state index contributed by atoms with van der Waals surface area (Å²) in [5.74, 6) is 0.832. The van der Waals surface area contributed by atoms with Crippen molar-refractivity contribution in [2.45, 2.75) is 19.6 Å². The van der Waals surface area contributed by atoms with Gasteiger partial charge in [0.25, 0.3) is 0 Å². The molecule has 0 unspecified atom stereocenters. The highest BCUT2D eigenvalue weighted by Gasteiger charge is 2.04. The van der Waals surface area contributed by atoms with Crippen LogP contribution in [0.25, 0.3) is 0 Å². The first kappa shape index (κ1) is 16.8. The SMILES string of the molecule is COc1ccccc1CCNC(=O)NCc1ccc(CO)cc1. The topological polar surface area (TPSA) is 70.6 Å². The monoisotopic (exact) mass is 314 g/mol. The maximum Gasteiger partial charge on any atom is 0.315 e. The van der Waals surface area contributed by atoms with E-state index in [0.717, 1.165) is 22.4 Å². The summed E-state index contributed by atoms with van der Waals surface area (Å²) in [7, 11) is 1.64. The molecule has 0 spiro atoms. The number of amides is 2. The van der Waals surface area contributed by atoms with Gasteiger partial charge < -0.3 is 20.5 Å². The Balaban J connectivity index is 1.72. The Morgan fingerprint density at radius 3 is 2.43 bits per heavy atom. The van der Waals surface area contributed by atoms with Crippen molar-refractivity contribution in [1.29, 1.82) is 0 Å². The molecule has 2 rings (SSSR count). The Morgan fingerprint density at radius 2 is 1.74 bits per heavy atom. The minimum atomic E-state index is -0.203. The fourth-order valence-electron chi connectivity index (χ4n) is 2.23. The third-order valence-electron chi connectivity index (χ3n) is 3.53. The van der Waals surface area contributed by atoms with Crippen LogP contribution in [0.1, 0.15) is 16.7 Å². The number of hydrogen-bond acceptors (Lipinski definition) is 3. The first-order chi connectivity index (χ1) is 11.2. The molecule has 3 N–H and O–H groups in total. The Kier molecular flexibility index (Phi) is 6.44. The summed E-state index contributed by atoms with van der Waals surface area (Å²) in [5, 5.41) is 14.6. The second-order valence-electron chi connectivity index (χ2n) is 5.15. The number of aliphatic hydroxyl groups is 1. The summed E-state index contributed by atoms with van der Waals surface area (Å²) in [6.07, 6.45) is 0.711. The van der Waals surface area contributed by atoms with Gasteiger partial charge in [0.15, 0.2) is 0 Å². The number of methoxy groups -OCH3 is 1. The van der Waals surface area contributed by atoms with Gasteiger partial charge in [0.2, 0.25) is 0 Å². The molecule has 2 aromatic carbocycles. The number of hydrogen-bond donors (Lipinski definition) is 3. The molecule has 2 aromatic rings. The van der Waals surface area contributed by atoms with E-state index in [2.05, 4.69) is 10.6 Å². The van der Waals surface area contributed by atoms with Crippen molar-refractivity contribution in [2.75, 3.05) is 13.7 Å². The van der Waals surface area contributed by atoms with E-state index in [-0.39, 0.29) is 12.6 Å². The molecule has 0 aliphatic rings. The quantitative estimate of drug-likeness (QED) is 0.734. The molecule has 0 bridgehead atoms.